The molecule has 0 spiro atoms. The molecule has 5 heteroatoms. The Balaban J connectivity index is 1.19. The predicted octanol–water partition coefficient (Wildman–Crippen LogP) is 6.74. The lowest BCUT2D eigenvalue weighted by molar-refractivity contribution is -0.162. The molecule has 42 heavy (non-hydrogen) atoms. The van der Waals surface area contributed by atoms with Crippen LogP contribution < -0.4 is 21.7 Å². The average Bonchev–Trinajstić information content (AvgIpc) is 3.31. The van der Waals surface area contributed by atoms with E-state index in [0.29, 0.717) is 22.8 Å². The van der Waals surface area contributed by atoms with E-state index in [1.54, 1.807) is 0 Å². The number of rotatable bonds is 18. The van der Waals surface area contributed by atoms with Crippen LogP contribution in [0.5, 0.6) is 0 Å². The van der Waals surface area contributed by atoms with Gasteiger partial charge in [-0.2, -0.15) is 0 Å². The highest BCUT2D eigenvalue weighted by atomic mass is 16.3. The Morgan fingerprint density at radius 1 is 0.714 bits per heavy atom. The number of hydrogen-bond acceptors (Lipinski definition) is 5. The topological polar surface area (TPSA) is 82.3 Å². The van der Waals surface area contributed by atoms with E-state index in [1.165, 1.54) is 83.5 Å². The Hall–Kier alpha value is -0.200. The fraction of sp³-hybridized carbons (Fsp3) is 1.00. The van der Waals surface area contributed by atoms with Crippen molar-refractivity contribution in [1.82, 2.24) is 16.0 Å². The van der Waals surface area contributed by atoms with E-state index in [4.69, 9.17) is 5.73 Å². The molecule has 246 valence electrons. The zero-order valence-corrected chi connectivity index (χ0v) is 28.6. The van der Waals surface area contributed by atoms with Crippen molar-refractivity contribution in [2.45, 2.75) is 143 Å². The molecule has 0 heterocycles. The van der Waals surface area contributed by atoms with E-state index in [9.17, 15) is 5.11 Å². The maximum absolute atomic E-state index is 11.7. The zero-order chi connectivity index (χ0) is 30.2. The highest BCUT2D eigenvalue weighted by Crippen LogP contribution is 2.68. The summed E-state index contributed by atoms with van der Waals surface area (Å²) in [7, 11) is 0. The van der Waals surface area contributed by atoms with Gasteiger partial charge in [0.05, 0.1) is 6.10 Å². The molecule has 0 bridgehead atoms. The second kappa shape index (κ2) is 16.4. The van der Waals surface area contributed by atoms with Gasteiger partial charge < -0.3 is 26.8 Å². The smallest absolute Gasteiger partial charge is 0.0577 e. The molecule has 0 saturated heterocycles. The molecule has 4 saturated carbocycles. The van der Waals surface area contributed by atoms with Crippen molar-refractivity contribution < 1.29 is 5.11 Å². The van der Waals surface area contributed by atoms with E-state index in [0.717, 1.165) is 87.6 Å². The maximum atomic E-state index is 11.7. The highest BCUT2D eigenvalue weighted by Gasteiger charge is 2.62. The first-order chi connectivity index (χ1) is 20.2. The predicted molar refractivity (Wildman–Crippen MR) is 180 cm³/mol. The van der Waals surface area contributed by atoms with Gasteiger partial charge in [-0.25, -0.2) is 0 Å². The van der Waals surface area contributed by atoms with E-state index >= 15 is 0 Å². The van der Waals surface area contributed by atoms with Crippen LogP contribution in [-0.4, -0.2) is 56.5 Å². The second-order valence-corrected chi connectivity index (χ2v) is 16.5. The summed E-state index contributed by atoms with van der Waals surface area (Å²) in [5.41, 5.74) is 6.39. The van der Waals surface area contributed by atoms with Crippen LogP contribution >= 0.6 is 0 Å². The molecule has 10 atom stereocenters. The van der Waals surface area contributed by atoms with Crippen LogP contribution in [0.3, 0.4) is 0 Å². The first kappa shape index (κ1) is 34.7. The number of hydrogen-bond donors (Lipinski definition) is 5. The molecule has 7 unspecified atom stereocenters. The van der Waals surface area contributed by atoms with Crippen LogP contribution in [0.25, 0.3) is 0 Å². The summed E-state index contributed by atoms with van der Waals surface area (Å²) in [6.45, 7) is 18.9. The number of unbranched alkanes of at least 4 members (excludes halogenated alkanes) is 1. The number of nitrogens with one attached hydrogen (secondary N) is 3. The van der Waals surface area contributed by atoms with Gasteiger partial charge in [0.25, 0.3) is 0 Å². The first-order valence-electron chi connectivity index (χ1n) is 18.7. The summed E-state index contributed by atoms with van der Waals surface area (Å²) >= 11 is 0. The van der Waals surface area contributed by atoms with Gasteiger partial charge in [0.2, 0.25) is 0 Å². The van der Waals surface area contributed by atoms with Gasteiger partial charge in [0.15, 0.2) is 0 Å². The summed E-state index contributed by atoms with van der Waals surface area (Å²) in [5, 5.41) is 22.7. The van der Waals surface area contributed by atoms with Crippen LogP contribution in [0.2, 0.25) is 0 Å². The third kappa shape index (κ3) is 8.33. The Morgan fingerprint density at radius 3 is 2.10 bits per heavy atom. The molecule has 0 aromatic carbocycles. The van der Waals surface area contributed by atoms with Gasteiger partial charge in [0.1, 0.15) is 0 Å². The SMILES string of the molecule is CC(C)CCC[C@@H](C)C1CCC2C3CC(O)[C@H]4C[C@@H](NCCCNCCCCNCCCN)CCC4(C)C3CCC21C. The van der Waals surface area contributed by atoms with Crippen molar-refractivity contribution in [2.24, 2.45) is 58.0 Å². The fourth-order valence-electron chi connectivity index (χ4n) is 11.0. The lowest BCUT2D eigenvalue weighted by Crippen LogP contribution is -2.59. The van der Waals surface area contributed by atoms with E-state index < -0.39 is 0 Å². The van der Waals surface area contributed by atoms with Crippen molar-refractivity contribution in [3.05, 3.63) is 0 Å². The van der Waals surface area contributed by atoms with Crippen LogP contribution in [0.15, 0.2) is 0 Å². The average molecular weight is 589 g/mol. The molecule has 0 aromatic heterocycles. The van der Waals surface area contributed by atoms with E-state index in [2.05, 4.69) is 50.6 Å². The van der Waals surface area contributed by atoms with Gasteiger partial charge in [0, 0.05) is 6.04 Å². The summed E-state index contributed by atoms with van der Waals surface area (Å²) in [6.07, 6.45) is 19.4. The molecular formula is C37H72N4O. The van der Waals surface area contributed by atoms with Crippen molar-refractivity contribution >= 4 is 0 Å². The zero-order valence-electron chi connectivity index (χ0n) is 28.6. The molecule has 4 fully saturated rings. The number of fused-ring (bicyclic) bond motifs is 5. The second-order valence-electron chi connectivity index (χ2n) is 16.5. The van der Waals surface area contributed by atoms with Crippen LogP contribution in [0.1, 0.15) is 131 Å². The van der Waals surface area contributed by atoms with E-state index in [1.807, 2.05) is 0 Å². The van der Waals surface area contributed by atoms with Gasteiger partial charge in [-0.15, -0.1) is 0 Å². The largest absolute Gasteiger partial charge is 0.393 e. The Kier molecular flexibility index (Phi) is 13.5. The minimum absolute atomic E-state index is 0.0998. The maximum Gasteiger partial charge on any atom is 0.0577 e. The van der Waals surface area contributed by atoms with Crippen molar-refractivity contribution in [2.75, 3.05) is 39.3 Å². The monoisotopic (exact) mass is 589 g/mol. The first-order valence-corrected chi connectivity index (χ1v) is 18.7. The summed E-state index contributed by atoms with van der Waals surface area (Å²) in [6, 6.07) is 0.588. The molecule has 5 nitrogen and oxygen atoms in total. The van der Waals surface area contributed by atoms with Crippen LogP contribution in [0, 0.1) is 52.3 Å². The van der Waals surface area contributed by atoms with Crippen LogP contribution in [0.4, 0.5) is 0 Å². The molecule has 0 aliphatic heterocycles. The Morgan fingerprint density at radius 2 is 1.38 bits per heavy atom. The van der Waals surface area contributed by atoms with E-state index in [-0.39, 0.29) is 6.10 Å². The van der Waals surface area contributed by atoms with Gasteiger partial charge in [-0.1, -0.05) is 53.9 Å². The summed E-state index contributed by atoms with van der Waals surface area (Å²) in [4.78, 5) is 0. The lowest BCUT2D eigenvalue weighted by atomic mass is 9.43. The number of aliphatic hydroxyl groups is 1. The number of aliphatic hydroxyl groups excluding tert-OH is 1. The third-order valence-electron chi connectivity index (χ3n) is 13.4. The molecule has 4 rings (SSSR count). The summed E-state index contributed by atoms with van der Waals surface area (Å²) < 4.78 is 0. The van der Waals surface area contributed by atoms with Crippen LogP contribution in [-0.2, 0) is 0 Å². The lowest BCUT2D eigenvalue weighted by Gasteiger charge is -2.62. The molecule has 4 aliphatic rings. The third-order valence-corrected chi connectivity index (χ3v) is 13.4. The normalized spacial score (nSPS) is 38.7. The minimum Gasteiger partial charge on any atom is -0.393 e. The molecule has 0 aromatic rings. The van der Waals surface area contributed by atoms with Gasteiger partial charge >= 0.3 is 0 Å². The molecular weight excluding hydrogens is 516 g/mol. The standard InChI is InChI=1S/C37H72N4O/c1-27(2)11-8-12-28(3)31-13-14-32-30-26-35(42)34-25-29(15-17-37(34,5)33(30)16-18-36(31,32)4)41-24-10-23-40-21-7-6-20-39-22-9-19-38/h27-35,39-42H,6-26,38H2,1-5H3/t28-,29+,30?,31?,32?,33?,34-,35?,36?,37?/m1/s1. The minimum atomic E-state index is -0.0998. The van der Waals surface area contributed by atoms with Crippen molar-refractivity contribution in [1.29, 1.82) is 0 Å². The molecule has 0 amide bonds. The molecule has 6 N–H and O–H groups in total. The number of nitrogens with two attached hydrogens (primary N) is 1. The van der Waals surface area contributed by atoms with Gasteiger partial charge in [-0.3, -0.25) is 0 Å². The fourth-order valence-corrected chi connectivity index (χ4v) is 11.0. The quantitative estimate of drug-likeness (QED) is 0.115. The Bertz CT molecular complexity index is 777. The van der Waals surface area contributed by atoms with Crippen molar-refractivity contribution in [3.63, 3.8) is 0 Å². The van der Waals surface area contributed by atoms with Crippen molar-refractivity contribution in [3.8, 4) is 0 Å². The molecule has 0 radical (unpaired) electrons. The highest BCUT2D eigenvalue weighted by molar-refractivity contribution is 5.11. The summed E-state index contributed by atoms with van der Waals surface area (Å²) in [5.74, 6) is 5.51. The van der Waals surface area contributed by atoms with Gasteiger partial charge in [-0.05, 0) is 169 Å². The molecule has 4 aliphatic carbocycles. The Labute approximate surface area is 261 Å².